The molecule has 0 bridgehead atoms. The van der Waals surface area contributed by atoms with E-state index in [-0.39, 0.29) is 17.4 Å². The lowest BCUT2D eigenvalue weighted by atomic mass is 9.74. The molecule has 1 aliphatic carbocycles. The van der Waals surface area contributed by atoms with Crippen molar-refractivity contribution in [3.8, 4) is 5.75 Å². The number of carbonyl (C=O) groups is 2. The first kappa shape index (κ1) is 22.6. The number of methoxy groups -OCH3 is 1. The Morgan fingerprint density at radius 3 is 2.84 bits per heavy atom. The van der Waals surface area contributed by atoms with Crippen LogP contribution in [0.1, 0.15) is 40.5 Å². The van der Waals surface area contributed by atoms with E-state index in [1.54, 1.807) is 0 Å². The van der Waals surface area contributed by atoms with Gasteiger partial charge in [-0.2, -0.15) is 0 Å². The second kappa shape index (κ2) is 9.08. The molecule has 1 N–H and O–H groups in total. The average molecular weight is 476 g/mol. The minimum absolute atomic E-state index is 0.0482. The van der Waals surface area contributed by atoms with Crippen LogP contribution in [-0.4, -0.2) is 18.9 Å². The fraction of sp³-hybridized carbons (Fsp3) is 0.333. The van der Waals surface area contributed by atoms with Crippen molar-refractivity contribution in [3.63, 3.8) is 0 Å². The normalized spacial score (nSPS) is 20.6. The summed E-state index contributed by atoms with van der Waals surface area (Å²) in [4.78, 5) is 27.5. The molecule has 0 saturated heterocycles. The minimum atomic E-state index is -0.695. The predicted molar refractivity (Wildman–Crippen MR) is 121 cm³/mol. The SMILES string of the molecule is C=C1NC2=C(C(=O)CCC2)C(c2cc(COc3ccc(F)cc3Cl)c(C)s2)C1C(=O)OC. The number of allylic oxidation sites excluding steroid dienone is 2. The Labute approximate surface area is 194 Å². The highest BCUT2D eigenvalue weighted by molar-refractivity contribution is 7.12. The van der Waals surface area contributed by atoms with E-state index in [0.29, 0.717) is 23.4 Å². The van der Waals surface area contributed by atoms with Crippen LogP contribution >= 0.6 is 22.9 Å². The number of esters is 1. The maximum Gasteiger partial charge on any atom is 0.315 e. The van der Waals surface area contributed by atoms with Gasteiger partial charge >= 0.3 is 5.97 Å². The summed E-state index contributed by atoms with van der Waals surface area (Å²) in [6.45, 7) is 6.24. The Morgan fingerprint density at radius 2 is 2.12 bits per heavy atom. The van der Waals surface area contributed by atoms with E-state index in [2.05, 4.69) is 11.9 Å². The Balaban J connectivity index is 1.69. The average Bonchev–Trinajstić information content (AvgIpc) is 3.12. The second-order valence-electron chi connectivity index (χ2n) is 7.89. The van der Waals surface area contributed by atoms with Crippen molar-refractivity contribution in [2.75, 3.05) is 7.11 Å². The molecule has 0 fully saturated rings. The quantitative estimate of drug-likeness (QED) is 0.584. The van der Waals surface area contributed by atoms with Crippen molar-refractivity contribution >= 4 is 34.7 Å². The van der Waals surface area contributed by atoms with Gasteiger partial charge in [0.15, 0.2) is 5.78 Å². The van der Waals surface area contributed by atoms with Gasteiger partial charge in [0, 0.05) is 44.6 Å². The van der Waals surface area contributed by atoms with Gasteiger partial charge in [-0.3, -0.25) is 9.59 Å². The van der Waals surface area contributed by atoms with Gasteiger partial charge in [0.2, 0.25) is 0 Å². The van der Waals surface area contributed by atoms with Gasteiger partial charge in [-0.25, -0.2) is 4.39 Å². The Morgan fingerprint density at radius 1 is 1.34 bits per heavy atom. The number of hydrogen-bond acceptors (Lipinski definition) is 6. The predicted octanol–water partition coefficient (Wildman–Crippen LogP) is 5.42. The van der Waals surface area contributed by atoms with Crippen LogP contribution in [0.2, 0.25) is 5.02 Å². The fourth-order valence-corrected chi connectivity index (χ4v) is 5.70. The van der Waals surface area contributed by atoms with Gasteiger partial charge < -0.3 is 14.8 Å². The summed E-state index contributed by atoms with van der Waals surface area (Å²) in [6.07, 6.45) is 1.98. The molecule has 1 aliphatic heterocycles. The number of thiophene rings is 1. The summed E-state index contributed by atoms with van der Waals surface area (Å²) < 4.78 is 24.2. The first-order chi connectivity index (χ1) is 15.3. The lowest BCUT2D eigenvalue weighted by Gasteiger charge is -2.37. The van der Waals surface area contributed by atoms with Gasteiger partial charge in [0.25, 0.3) is 0 Å². The first-order valence-corrected chi connectivity index (χ1v) is 11.5. The monoisotopic (exact) mass is 475 g/mol. The highest BCUT2D eigenvalue weighted by Crippen LogP contribution is 2.47. The molecule has 0 saturated carbocycles. The highest BCUT2D eigenvalue weighted by atomic mass is 35.5. The molecule has 2 heterocycles. The third-order valence-electron chi connectivity index (χ3n) is 5.87. The van der Waals surface area contributed by atoms with Crippen LogP contribution < -0.4 is 10.1 Å². The molecule has 2 aromatic rings. The van der Waals surface area contributed by atoms with Gasteiger partial charge in [0.05, 0.1) is 12.1 Å². The molecule has 8 heteroatoms. The van der Waals surface area contributed by atoms with E-state index in [1.165, 1.54) is 36.6 Å². The van der Waals surface area contributed by atoms with Crippen LogP contribution in [0.5, 0.6) is 5.75 Å². The molecule has 2 unspecified atom stereocenters. The number of ketones is 1. The van der Waals surface area contributed by atoms with E-state index in [0.717, 1.165) is 33.9 Å². The summed E-state index contributed by atoms with van der Waals surface area (Å²) >= 11 is 7.58. The molecular weight excluding hydrogens is 453 g/mol. The number of ether oxygens (including phenoxy) is 2. The standard InChI is InChI=1S/C24H23ClFNO4S/c1-12-21(24(29)30-3)23(22-17(27-12)5-4-6-18(22)28)20-9-14(13(2)32-20)11-31-19-8-7-15(26)10-16(19)25/h7-10,21,23,27H,1,4-6,11H2,2-3H3. The molecule has 168 valence electrons. The Bertz CT molecular complexity index is 1140. The Hall–Kier alpha value is -2.64. The van der Waals surface area contributed by atoms with Crippen molar-refractivity contribution in [2.24, 2.45) is 5.92 Å². The maximum absolute atomic E-state index is 13.3. The number of carbonyl (C=O) groups excluding carboxylic acids is 2. The Kier molecular flexibility index (Phi) is 6.40. The van der Waals surface area contributed by atoms with Crippen LogP contribution in [0, 0.1) is 18.7 Å². The number of Topliss-reactive ketones (excluding diaryl/α,β-unsaturated/α-hetero) is 1. The molecule has 2 atom stereocenters. The third-order valence-corrected chi connectivity index (χ3v) is 7.34. The summed E-state index contributed by atoms with van der Waals surface area (Å²) in [5, 5.41) is 3.39. The molecule has 4 rings (SSSR count). The second-order valence-corrected chi connectivity index (χ2v) is 9.59. The van der Waals surface area contributed by atoms with Crippen molar-refractivity contribution < 1.29 is 23.5 Å². The van der Waals surface area contributed by atoms with Gasteiger partial charge in [-0.1, -0.05) is 18.2 Å². The van der Waals surface area contributed by atoms with E-state index in [9.17, 15) is 14.0 Å². The van der Waals surface area contributed by atoms with Gasteiger partial charge in [-0.05, 0) is 44.0 Å². The van der Waals surface area contributed by atoms with E-state index in [1.807, 2.05) is 13.0 Å². The van der Waals surface area contributed by atoms with Crippen LogP contribution in [0.25, 0.3) is 0 Å². The smallest absolute Gasteiger partial charge is 0.315 e. The number of aryl methyl sites for hydroxylation is 1. The van der Waals surface area contributed by atoms with Crippen molar-refractivity contribution in [3.05, 3.63) is 74.0 Å². The zero-order valence-electron chi connectivity index (χ0n) is 17.8. The fourth-order valence-electron chi connectivity index (χ4n) is 4.30. The number of halogens is 2. The van der Waals surface area contributed by atoms with E-state index < -0.39 is 23.6 Å². The number of nitrogens with one attached hydrogen (secondary N) is 1. The van der Waals surface area contributed by atoms with E-state index >= 15 is 0 Å². The zero-order chi connectivity index (χ0) is 23.0. The summed E-state index contributed by atoms with van der Waals surface area (Å²) in [5.74, 6) is -1.58. The minimum Gasteiger partial charge on any atom is -0.487 e. The summed E-state index contributed by atoms with van der Waals surface area (Å²) in [7, 11) is 1.34. The van der Waals surface area contributed by atoms with Gasteiger partial charge in [-0.15, -0.1) is 11.3 Å². The molecule has 2 aliphatic rings. The van der Waals surface area contributed by atoms with Crippen LogP contribution in [0.3, 0.4) is 0 Å². The van der Waals surface area contributed by atoms with E-state index in [4.69, 9.17) is 21.1 Å². The first-order valence-electron chi connectivity index (χ1n) is 10.3. The molecule has 0 radical (unpaired) electrons. The molecule has 5 nitrogen and oxygen atoms in total. The van der Waals surface area contributed by atoms with Gasteiger partial charge in [0.1, 0.15) is 24.1 Å². The number of benzene rings is 1. The zero-order valence-corrected chi connectivity index (χ0v) is 19.4. The lowest BCUT2D eigenvalue weighted by molar-refractivity contribution is -0.144. The van der Waals surface area contributed by atoms with Crippen molar-refractivity contribution in [1.82, 2.24) is 5.32 Å². The van der Waals surface area contributed by atoms with Crippen LogP contribution in [0.15, 0.2) is 47.8 Å². The largest absolute Gasteiger partial charge is 0.487 e. The lowest BCUT2D eigenvalue weighted by Crippen LogP contribution is -2.40. The molecular formula is C24H23ClFNO4S. The summed E-state index contributed by atoms with van der Waals surface area (Å²) in [5.41, 5.74) is 2.94. The molecule has 1 aromatic heterocycles. The number of hydrogen-bond donors (Lipinski definition) is 1. The topological polar surface area (TPSA) is 64.6 Å². The number of rotatable bonds is 5. The highest BCUT2D eigenvalue weighted by Gasteiger charge is 2.44. The molecule has 0 amide bonds. The summed E-state index contributed by atoms with van der Waals surface area (Å²) in [6, 6.07) is 5.94. The molecule has 0 spiro atoms. The van der Waals surface area contributed by atoms with Crippen molar-refractivity contribution in [2.45, 2.75) is 38.7 Å². The molecule has 32 heavy (non-hydrogen) atoms. The third kappa shape index (κ3) is 4.19. The maximum atomic E-state index is 13.3. The van der Waals surface area contributed by atoms with Crippen molar-refractivity contribution in [1.29, 1.82) is 0 Å². The molecule has 1 aromatic carbocycles. The van der Waals surface area contributed by atoms with Crippen LogP contribution in [0.4, 0.5) is 4.39 Å². The van der Waals surface area contributed by atoms with Crippen LogP contribution in [-0.2, 0) is 20.9 Å².